The van der Waals surface area contributed by atoms with Crippen LogP contribution in [-0.4, -0.2) is 49.7 Å². The van der Waals surface area contributed by atoms with Crippen LogP contribution in [0.5, 0.6) is 0 Å². The van der Waals surface area contributed by atoms with Crippen molar-refractivity contribution in [2.45, 2.75) is 102 Å². The molecule has 2 amide bonds. The summed E-state index contributed by atoms with van der Waals surface area (Å²) in [4.78, 5) is 29.7. The number of halogens is 1. The van der Waals surface area contributed by atoms with E-state index in [1.165, 1.54) is 63.0 Å². The molecule has 4 atom stereocenters. The Morgan fingerprint density at radius 1 is 1.09 bits per heavy atom. The van der Waals surface area contributed by atoms with Gasteiger partial charge in [-0.1, -0.05) is 57.9 Å². The van der Waals surface area contributed by atoms with Crippen molar-refractivity contribution in [3.8, 4) is 0 Å². The summed E-state index contributed by atoms with van der Waals surface area (Å²) in [5.74, 6) is -0.572. The van der Waals surface area contributed by atoms with Gasteiger partial charge in [0, 0.05) is 18.5 Å². The monoisotopic (exact) mass is 629 g/mol. The van der Waals surface area contributed by atoms with Crippen molar-refractivity contribution < 1.29 is 31.6 Å². The lowest BCUT2D eigenvalue weighted by Gasteiger charge is -2.26. The second-order valence-corrected chi connectivity index (χ2v) is 14.3. The molecule has 5 rings (SSSR count). The van der Waals surface area contributed by atoms with Crippen molar-refractivity contribution in [1.29, 1.82) is 0 Å². The molecule has 1 aromatic heterocycles. The fourth-order valence-electron chi connectivity index (χ4n) is 7.09. The van der Waals surface area contributed by atoms with Gasteiger partial charge < -0.3 is 14.5 Å². The lowest BCUT2D eigenvalue weighted by atomic mass is 9.75. The number of ether oxygens (including phenoxy) is 1. The Morgan fingerprint density at radius 3 is 2.68 bits per heavy atom. The molecule has 0 radical (unpaired) electrons. The smallest absolute Gasteiger partial charge is 0.273 e. The Hall–Kier alpha value is -3.05. The van der Waals surface area contributed by atoms with Crippen LogP contribution in [0.15, 0.2) is 35.0 Å². The van der Waals surface area contributed by atoms with Gasteiger partial charge in [-0.15, -0.1) is 0 Å². The van der Waals surface area contributed by atoms with Gasteiger partial charge in [-0.05, 0) is 67.4 Å². The zero-order valence-electron chi connectivity index (χ0n) is 25.4. The van der Waals surface area contributed by atoms with Gasteiger partial charge in [0.2, 0.25) is 15.9 Å². The maximum atomic E-state index is 14.4. The van der Waals surface area contributed by atoms with E-state index in [0.717, 1.165) is 37.7 Å². The van der Waals surface area contributed by atoms with Gasteiger partial charge in [0.1, 0.15) is 12.1 Å². The average Bonchev–Trinajstić information content (AvgIpc) is 3.74. The average molecular weight is 630 g/mol. The first-order valence-corrected chi connectivity index (χ1v) is 17.8. The number of oxazole rings is 1. The maximum absolute atomic E-state index is 14.4. The first kappa shape index (κ1) is 32.3. The summed E-state index contributed by atoms with van der Waals surface area (Å²) in [6.45, 7) is 2.32. The lowest BCUT2D eigenvalue weighted by Crippen LogP contribution is -2.30. The molecular weight excluding hydrogens is 585 g/mol. The van der Waals surface area contributed by atoms with E-state index in [1.807, 2.05) is 4.72 Å². The van der Waals surface area contributed by atoms with E-state index in [9.17, 15) is 22.4 Å². The summed E-state index contributed by atoms with van der Waals surface area (Å²) in [6, 6.07) is 4.30. The number of nitrogens with zero attached hydrogens (tertiary/aromatic N) is 1. The zero-order valence-corrected chi connectivity index (χ0v) is 26.2. The molecule has 2 N–H and O–H groups in total. The number of unbranched alkanes of at least 4 members (excludes halogenated alkanes) is 1. The van der Waals surface area contributed by atoms with Crippen LogP contribution in [0.3, 0.4) is 0 Å². The third kappa shape index (κ3) is 8.35. The summed E-state index contributed by atoms with van der Waals surface area (Å²) < 4.78 is 52.4. The summed E-state index contributed by atoms with van der Waals surface area (Å²) in [6.07, 6.45) is 16.4. The van der Waals surface area contributed by atoms with E-state index in [1.54, 1.807) is 13.0 Å². The molecule has 3 fully saturated rings. The Kier molecular flexibility index (Phi) is 10.9. The van der Waals surface area contributed by atoms with E-state index in [4.69, 9.17) is 9.15 Å². The minimum Gasteiger partial charge on any atom is -0.448 e. The number of benzene rings is 1. The lowest BCUT2D eigenvalue weighted by molar-refractivity contribution is -0.114. The van der Waals surface area contributed by atoms with Crippen molar-refractivity contribution in [2.75, 3.05) is 12.3 Å². The number of hydrogen-bond donors (Lipinski definition) is 2. The molecule has 3 aliphatic rings. The number of nitrogens with one attached hydrogen (secondary N) is 2. The van der Waals surface area contributed by atoms with Gasteiger partial charge in [-0.3, -0.25) is 9.59 Å². The Labute approximate surface area is 259 Å². The molecule has 0 spiro atoms. The van der Waals surface area contributed by atoms with Gasteiger partial charge in [0.05, 0.1) is 23.9 Å². The van der Waals surface area contributed by atoms with Crippen LogP contribution in [0, 0.1) is 17.7 Å². The highest BCUT2D eigenvalue weighted by atomic mass is 32.2. The maximum Gasteiger partial charge on any atom is 0.273 e. The van der Waals surface area contributed by atoms with Crippen molar-refractivity contribution >= 4 is 27.9 Å². The Bertz CT molecular complexity index is 1430. The fraction of sp³-hybridized carbons (Fsp3) is 0.606. The second kappa shape index (κ2) is 14.8. The van der Waals surface area contributed by atoms with E-state index >= 15 is 0 Å². The number of amides is 2. The number of carbonyl (C=O) groups is 2. The van der Waals surface area contributed by atoms with Crippen molar-refractivity contribution in [3.05, 3.63) is 59.1 Å². The molecule has 11 heteroatoms. The highest BCUT2D eigenvalue weighted by Gasteiger charge is 2.51. The van der Waals surface area contributed by atoms with Crippen LogP contribution in [0.4, 0.5) is 4.39 Å². The first-order chi connectivity index (χ1) is 21.2. The van der Waals surface area contributed by atoms with E-state index in [0.29, 0.717) is 36.4 Å². The minimum absolute atomic E-state index is 0.0686. The molecule has 4 unspecified atom stereocenters. The molecule has 2 aliphatic heterocycles. The molecule has 3 heterocycles. The summed E-state index contributed by atoms with van der Waals surface area (Å²) in [5, 5.41) is 2.97. The molecule has 240 valence electrons. The minimum atomic E-state index is -3.70. The van der Waals surface area contributed by atoms with Crippen LogP contribution in [0.25, 0.3) is 6.08 Å². The van der Waals surface area contributed by atoms with E-state index < -0.39 is 21.7 Å². The zero-order chi connectivity index (χ0) is 31.1. The number of rotatable bonds is 14. The molecule has 1 saturated carbocycles. The Balaban J connectivity index is 1.21. The summed E-state index contributed by atoms with van der Waals surface area (Å²) >= 11 is 0. The normalized spacial score (nSPS) is 23.8. The van der Waals surface area contributed by atoms with Gasteiger partial charge in [0.25, 0.3) is 11.8 Å². The van der Waals surface area contributed by atoms with Crippen molar-refractivity contribution in [1.82, 2.24) is 15.0 Å². The number of sulfonamides is 1. The predicted molar refractivity (Wildman–Crippen MR) is 165 cm³/mol. The van der Waals surface area contributed by atoms with Crippen LogP contribution in [-0.2, 0) is 26.0 Å². The SMILES string of the molecule is CCCS(=O)(=O)NC(=O)/C=C/c1ccc(F)cc1CC1C2CCC(O2)C1c1nc(C(=O)NCCCCC2CCCCC2)co1. The van der Waals surface area contributed by atoms with Gasteiger partial charge in [0.15, 0.2) is 5.69 Å². The molecule has 1 aliphatic carbocycles. The number of aromatic nitrogens is 1. The van der Waals surface area contributed by atoms with Crippen LogP contribution >= 0.6 is 0 Å². The molecule has 2 aromatic rings. The fourth-order valence-corrected chi connectivity index (χ4v) is 8.10. The molecule has 44 heavy (non-hydrogen) atoms. The van der Waals surface area contributed by atoms with Crippen molar-refractivity contribution in [3.63, 3.8) is 0 Å². The summed E-state index contributed by atoms with van der Waals surface area (Å²) in [7, 11) is -3.70. The van der Waals surface area contributed by atoms with Crippen LogP contribution in [0.2, 0.25) is 0 Å². The largest absolute Gasteiger partial charge is 0.448 e. The van der Waals surface area contributed by atoms with Gasteiger partial charge in [-0.25, -0.2) is 22.5 Å². The number of fused-ring (bicyclic) bond motifs is 2. The molecule has 9 nitrogen and oxygen atoms in total. The van der Waals surface area contributed by atoms with Gasteiger partial charge in [-0.2, -0.15) is 0 Å². The third-order valence-corrected chi connectivity index (χ3v) is 10.7. The molecule has 1 aromatic carbocycles. The third-order valence-electron chi connectivity index (χ3n) is 9.22. The molecule has 2 bridgehead atoms. The molecular formula is C33H44FN3O6S. The van der Waals surface area contributed by atoms with Gasteiger partial charge >= 0.3 is 0 Å². The number of carbonyl (C=O) groups excluding carboxylic acids is 2. The first-order valence-electron chi connectivity index (χ1n) is 16.1. The predicted octanol–water partition coefficient (Wildman–Crippen LogP) is 5.67. The van der Waals surface area contributed by atoms with Crippen LogP contribution < -0.4 is 10.0 Å². The highest BCUT2D eigenvalue weighted by molar-refractivity contribution is 7.90. The van der Waals surface area contributed by atoms with Crippen molar-refractivity contribution in [2.24, 2.45) is 11.8 Å². The van der Waals surface area contributed by atoms with E-state index in [2.05, 4.69) is 10.3 Å². The van der Waals surface area contributed by atoms with Crippen LogP contribution in [0.1, 0.15) is 111 Å². The Morgan fingerprint density at radius 2 is 1.89 bits per heavy atom. The second-order valence-electron chi connectivity index (χ2n) is 12.5. The quantitative estimate of drug-likeness (QED) is 0.204. The molecule has 2 saturated heterocycles. The number of hydrogen-bond acceptors (Lipinski definition) is 7. The summed E-state index contributed by atoms with van der Waals surface area (Å²) in [5.41, 5.74) is 1.51. The standard InChI is InChI=1S/C33H44FN3O6S/c1-2-18-44(40,41)37-30(38)16-12-23-11-13-25(34)19-24(23)20-26-28-14-15-29(43-28)31(26)33-36-27(21-42-33)32(39)35-17-7-6-10-22-8-4-3-5-9-22/h11-13,16,19,21-22,26,28-29,31H,2-10,14-15,17-18,20H2,1H3,(H,35,39)(H,37,38)/b16-12+. The topological polar surface area (TPSA) is 128 Å². The van der Waals surface area contributed by atoms with E-state index in [-0.39, 0.29) is 41.4 Å². The highest BCUT2D eigenvalue weighted by Crippen LogP contribution is 2.50.